The predicted octanol–water partition coefficient (Wildman–Crippen LogP) is 3.10. The van der Waals surface area contributed by atoms with E-state index >= 15 is 0 Å². The monoisotopic (exact) mass is 392 g/mol. The number of ether oxygens (including phenoxy) is 1. The van der Waals surface area contributed by atoms with E-state index in [1.54, 1.807) is 36.4 Å². The summed E-state index contributed by atoms with van der Waals surface area (Å²) in [6, 6.07) is 9.11. The number of methoxy groups -OCH3 is 1. The standard InChI is InChI=1S/C22H20N2O5/c1-4-5-15-10-14(12-18(29-3)19(15)25)11-17-20(26)23-22(28)24(21(17)27)16-8-6-13(2)7-9-16/h4,6-12,25H,1,5H2,2-3H3,(H,23,26,28)/b17-11+. The normalized spacial score (nSPS) is 15.4. The van der Waals surface area contributed by atoms with E-state index < -0.39 is 17.8 Å². The van der Waals surface area contributed by atoms with Gasteiger partial charge in [-0.25, -0.2) is 9.69 Å². The molecule has 1 heterocycles. The SMILES string of the molecule is C=CCc1cc(/C=C2\C(=O)NC(=O)N(c3ccc(C)cc3)C2=O)cc(OC)c1O. The smallest absolute Gasteiger partial charge is 0.335 e. The summed E-state index contributed by atoms with van der Waals surface area (Å²) in [5.74, 6) is -1.36. The lowest BCUT2D eigenvalue weighted by atomic mass is 10.0. The van der Waals surface area contributed by atoms with E-state index in [2.05, 4.69) is 11.9 Å². The zero-order chi connectivity index (χ0) is 21.1. The highest BCUT2D eigenvalue weighted by Crippen LogP contribution is 2.33. The van der Waals surface area contributed by atoms with E-state index in [9.17, 15) is 19.5 Å². The second kappa shape index (κ2) is 8.02. The van der Waals surface area contributed by atoms with Crippen LogP contribution in [0, 0.1) is 6.92 Å². The number of allylic oxidation sites excluding steroid dienone is 1. The number of urea groups is 1. The highest BCUT2D eigenvalue weighted by atomic mass is 16.5. The van der Waals surface area contributed by atoms with E-state index in [-0.39, 0.29) is 17.1 Å². The lowest BCUT2D eigenvalue weighted by Gasteiger charge is -2.26. The molecule has 3 rings (SSSR count). The van der Waals surface area contributed by atoms with Crippen LogP contribution in [-0.4, -0.2) is 30.1 Å². The number of rotatable bonds is 5. The summed E-state index contributed by atoms with van der Waals surface area (Å²) in [6.45, 7) is 5.53. The number of nitrogens with zero attached hydrogens (tertiary/aromatic N) is 1. The van der Waals surface area contributed by atoms with E-state index in [1.807, 2.05) is 6.92 Å². The van der Waals surface area contributed by atoms with Gasteiger partial charge in [-0.15, -0.1) is 6.58 Å². The van der Waals surface area contributed by atoms with Crippen LogP contribution in [0.1, 0.15) is 16.7 Å². The molecule has 0 unspecified atom stereocenters. The Morgan fingerprint density at radius 3 is 2.48 bits per heavy atom. The molecule has 0 spiro atoms. The number of anilines is 1. The van der Waals surface area contributed by atoms with Gasteiger partial charge in [-0.05, 0) is 49.2 Å². The Bertz CT molecular complexity index is 1040. The molecule has 0 radical (unpaired) electrons. The fraction of sp³-hybridized carbons (Fsp3) is 0.136. The van der Waals surface area contributed by atoms with Gasteiger partial charge in [-0.1, -0.05) is 23.8 Å². The quantitative estimate of drug-likeness (QED) is 0.463. The Morgan fingerprint density at radius 2 is 1.86 bits per heavy atom. The average Bonchev–Trinajstić information content (AvgIpc) is 2.68. The van der Waals surface area contributed by atoms with Crippen LogP contribution in [0.3, 0.4) is 0 Å². The zero-order valence-electron chi connectivity index (χ0n) is 16.1. The molecule has 1 saturated heterocycles. The molecule has 7 heteroatoms. The number of aromatic hydroxyl groups is 1. The van der Waals surface area contributed by atoms with Crippen LogP contribution in [0.15, 0.2) is 54.6 Å². The van der Waals surface area contributed by atoms with Crippen LogP contribution in [0.5, 0.6) is 11.5 Å². The molecule has 2 aromatic carbocycles. The van der Waals surface area contributed by atoms with Crippen molar-refractivity contribution in [2.45, 2.75) is 13.3 Å². The number of amides is 4. The van der Waals surface area contributed by atoms with Gasteiger partial charge in [0.1, 0.15) is 5.57 Å². The minimum absolute atomic E-state index is 0.0366. The average molecular weight is 392 g/mol. The Kier molecular flexibility index (Phi) is 5.50. The third kappa shape index (κ3) is 3.89. The van der Waals surface area contributed by atoms with Crippen molar-refractivity contribution in [2.24, 2.45) is 0 Å². The number of aryl methyl sites for hydroxylation is 1. The van der Waals surface area contributed by atoms with Crippen LogP contribution in [0.4, 0.5) is 10.5 Å². The van der Waals surface area contributed by atoms with Crippen LogP contribution < -0.4 is 15.0 Å². The molecule has 148 valence electrons. The van der Waals surface area contributed by atoms with Crippen molar-refractivity contribution in [3.8, 4) is 11.5 Å². The van der Waals surface area contributed by atoms with Crippen LogP contribution in [0.2, 0.25) is 0 Å². The van der Waals surface area contributed by atoms with Crippen molar-refractivity contribution in [3.63, 3.8) is 0 Å². The number of carbonyl (C=O) groups is 3. The summed E-state index contributed by atoms with van der Waals surface area (Å²) >= 11 is 0. The maximum Gasteiger partial charge on any atom is 0.335 e. The van der Waals surface area contributed by atoms with Gasteiger partial charge in [0.15, 0.2) is 11.5 Å². The second-order valence-corrected chi connectivity index (χ2v) is 6.52. The van der Waals surface area contributed by atoms with Gasteiger partial charge in [-0.3, -0.25) is 14.9 Å². The first kappa shape index (κ1) is 19.9. The summed E-state index contributed by atoms with van der Waals surface area (Å²) in [6.07, 6.45) is 3.34. The van der Waals surface area contributed by atoms with Gasteiger partial charge >= 0.3 is 6.03 Å². The molecule has 0 saturated carbocycles. The molecule has 1 aliphatic heterocycles. The van der Waals surface area contributed by atoms with Crippen molar-refractivity contribution < 1.29 is 24.2 Å². The Morgan fingerprint density at radius 1 is 1.17 bits per heavy atom. The number of hydrogen-bond donors (Lipinski definition) is 2. The van der Waals surface area contributed by atoms with Crippen LogP contribution in [-0.2, 0) is 16.0 Å². The molecule has 0 bridgehead atoms. The van der Waals surface area contributed by atoms with Gasteiger partial charge in [-0.2, -0.15) is 0 Å². The molecule has 1 fully saturated rings. The molecule has 7 nitrogen and oxygen atoms in total. The minimum atomic E-state index is -0.809. The Hall–Kier alpha value is -3.87. The van der Waals surface area contributed by atoms with Crippen molar-refractivity contribution >= 4 is 29.6 Å². The van der Waals surface area contributed by atoms with E-state index in [0.29, 0.717) is 23.2 Å². The molecule has 0 atom stereocenters. The number of phenols is 1. The third-order valence-corrected chi connectivity index (χ3v) is 4.47. The summed E-state index contributed by atoms with van der Waals surface area (Å²) in [5.41, 5.74) is 2.11. The van der Waals surface area contributed by atoms with Gasteiger partial charge in [0, 0.05) is 5.56 Å². The summed E-state index contributed by atoms with van der Waals surface area (Å²) in [7, 11) is 1.40. The number of benzene rings is 2. The summed E-state index contributed by atoms with van der Waals surface area (Å²) in [4.78, 5) is 38.5. The van der Waals surface area contributed by atoms with Crippen molar-refractivity contribution in [3.05, 3.63) is 71.3 Å². The highest BCUT2D eigenvalue weighted by molar-refractivity contribution is 6.39. The number of phenolic OH excluding ortho intramolecular Hbond substituents is 1. The Balaban J connectivity index is 2.06. The summed E-state index contributed by atoms with van der Waals surface area (Å²) < 4.78 is 5.17. The first-order chi connectivity index (χ1) is 13.8. The summed E-state index contributed by atoms with van der Waals surface area (Å²) in [5, 5.41) is 12.4. The van der Waals surface area contributed by atoms with Gasteiger partial charge in [0.05, 0.1) is 12.8 Å². The Labute approximate surface area is 167 Å². The number of nitrogens with one attached hydrogen (secondary N) is 1. The number of imide groups is 2. The van der Waals surface area contributed by atoms with Crippen LogP contribution in [0.25, 0.3) is 6.08 Å². The third-order valence-electron chi connectivity index (χ3n) is 4.47. The second-order valence-electron chi connectivity index (χ2n) is 6.52. The zero-order valence-corrected chi connectivity index (χ0v) is 16.1. The fourth-order valence-corrected chi connectivity index (χ4v) is 2.99. The number of barbiturate groups is 1. The molecule has 0 aliphatic carbocycles. The van der Waals surface area contributed by atoms with Gasteiger partial charge < -0.3 is 9.84 Å². The van der Waals surface area contributed by atoms with Gasteiger partial charge in [0.2, 0.25) is 0 Å². The molecule has 1 aliphatic rings. The van der Waals surface area contributed by atoms with Crippen molar-refractivity contribution in [2.75, 3.05) is 12.0 Å². The molecule has 2 N–H and O–H groups in total. The highest BCUT2D eigenvalue weighted by Gasteiger charge is 2.36. The largest absolute Gasteiger partial charge is 0.504 e. The van der Waals surface area contributed by atoms with Crippen molar-refractivity contribution in [1.82, 2.24) is 5.32 Å². The van der Waals surface area contributed by atoms with E-state index in [0.717, 1.165) is 10.5 Å². The first-order valence-electron chi connectivity index (χ1n) is 8.84. The minimum Gasteiger partial charge on any atom is -0.504 e. The first-order valence-corrected chi connectivity index (χ1v) is 8.84. The topological polar surface area (TPSA) is 95.9 Å². The van der Waals surface area contributed by atoms with Crippen molar-refractivity contribution in [1.29, 1.82) is 0 Å². The lowest BCUT2D eigenvalue weighted by molar-refractivity contribution is -0.122. The molecule has 0 aromatic heterocycles. The molecular formula is C22H20N2O5. The molecule has 29 heavy (non-hydrogen) atoms. The molecule has 2 aromatic rings. The van der Waals surface area contributed by atoms with Gasteiger partial charge in [0.25, 0.3) is 11.8 Å². The predicted molar refractivity (Wildman–Crippen MR) is 109 cm³/mol. The maximum absolute atomic E-state index is 12.9. The molecular weight excluding hydrogens is 372 g/mol. The van der Waals surface area contributed by atoms with E-state index in [4.69, 9.17) is 4.74 Å². The lowest BCUT2D eigenvalue weighted by Crippen LogP contribution is -2.54. The number of hydrogen-bond acceptors (Lipinski definition) is 5. The van der Waals surface area contributed by atoms with E-state index in [1.165, 1.54) is 19.3 Å². The van der Waals surface area contributed by atoms with Crippen LogP contribution >= 0.6 is 0 Å². The fourth-order valence-electron chi connectivity index (χ4n) is 2.99. The molecule has 4 amide bonds. The number of carbonyl (C=O) groups excluding carboxylic acids is 3. The maximum atomic E-state index is 12.9.